The topological polar surface area (TPSA) is 85.4 Å². The molecule has 0 aromatic heterocycles. The van der Waals surface area contributed by atoms with Crippen LogP contribution in [-0.2, 0) is 14.8 Å². The van der Waals surface area contributed by atoms with Gasteiger partial charge in [-0.25, -0.2) is 8.42 Å². The largest absolute Gasteiger partial charge is 0.493 e. The minimum atomic E-state index is -3.63. The molecule has 8 nitrogen and oxygen atoms in total. The number of carbonyl (C=O) groups excluding carboxylic acids is 1. The first kappa shape index (κ1) is 22.2. The first-order chi connectivity index (χ1) is 14.4. The second kappa shape index (κ2) is 9.55. The first-order valence-electron chi connectivity index (χ1n) is 9.24. The van der Waals surface area contributed by atoms with Crippen molar-refractivity contribution in [2.45, 2.75) is 4.90 Å². The molecule has 1 fully saturated rings. The number of hydrogen-bond acceptors (Lipinski definition) is 6. The lowest BCUT2D eigenvalue weighted by Gasteiger charge is -2.34. The van der Waals surface area contributed by atoms with E-state index >= 15 is 0 Å². The summed E-state index contributed by atoms with van der Waals surface area (Å²) in [6.07, 6.45) is 0. The Bertz CT molecular complexity index is 967. The lowest BCUT2D eigenvalue weighted by Crippen LogP contribution is -2.51. The molecule has 1 heterocycles. The highest BCUT2D eigenvalue weighted by Gasteiger charge is 2.30. The molecular formula is C20H23ClN2O6S. The van der Waals surface area contributed by atoms with Gasteiger partial charge < -0.3 is 19.1 Å². The fraction of sp³-hybridized carbons (Fsp3) is 0.350. The molecule has 1 aliphatic heterocycles. The van der Waals surface area contributed by atoms with Gasteiger partial charge in [-0.1, -0.05) is 17.7 Å². The van der Waals surface area contributed by atoms with Gasteiger partial charge >= 0.3 is 0 Å². The molecule has 0 atom stereocenters. The lowest BCUT2D eigenvalue weighted by molar-refractivity contribution is -0.134. The van der Waals surface area contributed by atoms with Crippen LogP contribution in [0, 0.1) is 0 Å². The Morgan fingerprint density at radius 3 is 2.07 bits per heavy atom. The van der Waals surface area contributed by atoms with Crippen molar-refractivity contribution in [3.05, 3.63) is 47.5 Å². The summed E-state index contributed by atoms with van der Waals surface area (Å²) in [6, 6.07) is 11.2. The molecule has 3 rings (SSSR count). The number of hydrogen-bond donors (Lipinski definition) is 0. The fourth-order valence-corrected chi connectivity index (χ4v) is 4.67. The average Bonchev–Trinajstić information content (AvgIpc) is 2.77. The summed E-state index contributed by atoms with van der Waals surface area (Å²) in [4.78, 5) is 14.3. The fourth-order valence-electron chi connectivity index (χ4n) is 3.12. The van der Waals surface area contributed by atoms with Gasteiger partial charge in [-0.3, -0.25) is 4.79 Å². The van der Waals surface area contributed by atoms with E-state index in [4.69, 9.17) is 25.8 Å². The van der Waals surface area contributed by atoms with Crippen molar-refractivity contribution in [3.8, 4) is 17.2 Å². The smallest absolute Gasteiger partial charge is 0.260 e. The molecule has 0 radical (unpaired) electrons. The Morgan fingerprint density at radius 2 is 1.53 bits per heavy atom. The minimum Gasteiger partial charge on any atom is -0.493 e. The standard InChI is InChI=1S/C20H23ClN2O6S/c1-27-17-4-3-5-18(28-2)20(17)29-14-19(24)22-10-12-23(13-11-22)30(25,26)16-8-6-15(21)7-9-16/h3-9H,10-14H2,1-2H3. The molecule has 0 spiro atoms. The summed E-state index contributed by atoms with van der Waals surface area (Å²) in [5.41, 5.74) is 0. The molecule has 30 heavy (non-hydrogen) atoms. The molecule has 10 heteroatoms. The summed E-state index contributed by atoms with van der Waals surface area (Å²) in [6.45, 7) is 0.750. The molecule has 0 N–H and O–H groups in total. The zero-order chi connectivity index (χ0) is 21.7. The van der Waals surface area contributed by atoms with Crippen molar-refractivity contribution >= 4 is 27.5 Å². The van der Waals surface area contributed by atoms with Crippen molar-refractivity contribution in [1.82, 2.24) is 9.21 Å². The summed E-state index contributed by atoms with van der Waals surface area (Å²) in [5.74, 6) is 1.02. The highest BCUT2D eigenvalue weighted by molar-refractivity contribution is 7.89. The molecule has 1 amide bonds. The SMILES string of the molecule is COc1cccc(OC)c1OCC(=O)N1CCN(S(=O)(=O)c2ccc(Cl)cc2)CC1. The maximum atomic E-state index is 12.8. The number of ether oxygens (including phenoxy) is 3. The normalized spacial score (nSPS) is 15.0. The van der Waals surface area contributed by atoms with E-state index in [2.05, 4.69) is 0 Å². The van der Waals surface area contributed by atoms with Crippen LogP contribution in [0.15, 0.2) is 47.4 Å². The number of methoxy groups -OCH3 is 2. The van der Waals surface area contributed by atoms with Crippen molar-refractivity contribution < 1.29 is 27.4 Å². The number of sulfonamides is 1. The second-order valence-electron chi connectivity index (χ2n) is 6.52. The van der Waals surface area contributed by atoms with Crippen LogP contribution in [0.4, 0.5) is 0 Å². The first-order valence-corrected chi connectivity index (χ1v) is 11.1. The van der Waals surface area contributed by atoms with Gasteiger partial charge in [0, 0.05) is 31.2 Å². The Labute approximate surface area is 180 Å². The molecule has 0 aliphatic carbocycles. The number of rotatable bonds is 7. The Balaban J connectivity index is 1.59. The van der Waals surface area contributed by atoms with Gasteiger partial charge in [0.1, 0.15) is 0 Å². The van der Waals surface area contributed by atoms with E-state index < -0.39 is 10.0 Å². The van der Waals surface area contributed by atoms with Crippen LogP contribution in [0.1, 0.15) is 0 Å². The zero-order valence-electron chi connectivity index (χ0n) is 16.7. The van der Waals surface area contributed by atoms with E-state index in [1.54, 1.807) is 23.1 Å². The van der Waals surface area contributed by atoms with Gasteiger partial charge in [0.2, 0.25) is 15.8 Å². The van der Waals surface area contributed by atoms with Gasteiger partial charge in [0.05, 0.1) is 19.1 Å². The highest BCUT2D eigenvalue weighted by atomic mass is 35.5. The van der Waals surface area contributed by atoms with Crippen molar-refractivity contribution in [1.29, 1.82) is 0 Å². The molecule has 2 aromatic rings. The molecule has 0 unspecified atom stereocenters. The maximum absolute atomic E-state index is 12.8. The number of amides is 1. The third kappa shape index (κ3) is 4.80. The predicted octanol–water partition coefficient (Wildman–Crippen LogP) is 2.27. The molecule has 2 aromatic carbocycles. The third-order valence-corrected chi connectivity index (χ3v) is 6.93. The van der Waals surface area contributed by atoms with E-state index in [0.717, 1.165) is 0 Å². The van der Waals surface area contributed by atoms with Crippen LogP contribution in [-0.4, -0.2) is 70.5 Å². The van der Waals surface area contributed by atoms with Gasteiger partial charge in [-0.05, 0) is 36.4 Å². The van der Waals surface area contributed by atoms with E-state index in [0.29, 0.717) is 22.3 Å². The van der Waals surface area contributed by atoms with Gasteiger partial charge in [0.25, 0.3) is 5.91 Å². The molecule has 162 valence electrons. The summed E-state index contributed by atoms with van der Waals surface area (Å²) in [7, 11) is -0.621. The van der Waals surface area contributed by atoms with Crippen LogP contribution >= 0.6 is 11.6 Å². The van der Waals surface area contributed by atoms with E-state index in [-0.39, 0.29) is 43.6 Å². The van der Waals surface area contributed by atoms with Crippen LogP contribution in [0.25, 0.3) is 0 Å². The van der Waals surface area contributed by atoms with Crippen LogP contribution in [0.2, 0.25) is 5.02 Å². The zero-order valence-corrected chi connectivity index (χ0v) is 18.3. The van der Waals surface area contributed by atoms with Crippen LogP contribution in [0.3, 0.4) is 0 Å². The molecule has 0 bridgehead atoms. The number of carbonyl (C=O) groups is 1. The summed E-state index contributed by atoms with van der Waals surface area (Å²) in [5, 5.41) is 0.469. The number of nitrogens with zero attached hydrogens (tertiary/aromatic N) is 2. The minimum absolute atomic E-state index is 0.179. The summed E-state index contributed by atoms with van der Waals surface area (Å²) >= 11 is 5.83. The second-order valence-corrected chi connectivity index (χ2v) is 8.89. The lowest BCUT2D eigenvalue weighted by atomic mass is 10.3. The highest BCUT2D eigenvalue weighted by Crippen LogP contribution is 2.36. The Hall–Kier alpha value is -2.49. The molecule has 1 saturated heterocycles. The monoisotopic (exact) mass is 454 g/mol. The predicted molar refractivity (Wildman–Crippen MR) is 112 cm³/mol. The Morgan fingerprint density at radius 1 is 0.967 bits per heavy atom. The van der Waals surface area contributed by atoms with E-state index in [1.807, 2.05) is 0 Å². The third-order valence-electron chi connectivity index (χ3n) is 4.77. The number of para-hydroxylation sites is 1. The van der Waals surface area contributed by atoms with Gasteiger partial charge in [-0.15, -0.1) is 0 Å². The quantitative estimate of drug-likeness (QED) is 0.638. The number of piperazine rings is 1. The maximum Gasteiger partial charge on any atom is 0.260 e. The van der Waals surface area contributed by atoms with E-state index in [1.165, 1.54) is 42.8 Å². The number of halogens is 1. The average molecular weight is 455 g/mol. The van der Waals surface area contributed by atoms with Gasteiger partial charge in [0.15, 0.2) is 18.1 Å². The molecule has 0 saturated carbocycles. The Kier molecular flexibility index (Phi) is 7.06. The van der Waals surface area contributed by atoms with Crippen molar-refractivity contribution in [2.75, 3.05) is 47.0 Å². The van der Waals surface area contributed by atoms with Crippen molar-refractivity contribution in [3.63, 3.8) is 0 Å². The molecule has 1 aliphatic rings. The summed E-state index contributed by atoms with van der Waals surface area (Å²) < 4.78 is 43.0. The molecular weight excluding hydrogens is 432 g/mol. The van der Waals surface area contributed by atoms with Gasteiger partial charge in [-0.2, -0.15) is 4.31 Å². The van der Waals surface area contributed by atoms with E-state index in [9.17, 15) is 13.2 Å². The van der Waals surface area contributed by atoms with Crippen LogP contribution in [0.5, 0.6) is 17.2 Å². The number of benzene rings is 2. The van der Waals surface area contributed by atoms with Crippen LogP contribution < -0.4 is 14.2 Å². The van der Waals surface area contributed by atoms with Crippen molar-refractivity contribution in [2.24, 2.45) is 0 Å².